The first-order valence-electron chi connectivity index (χ1n) is 13.5. The Bertz CT molecular complexity index is 1320. The maximum Gasteiger partial charge on any atom is 0.338 e. The summed E-state index contributed by atoms with van der Waals surface area (Å²) >= 11 is 0. The van der Waals surface area contributed by atoms with Gasteiger partial charge < -0.3 is 19.0 Å². The molecule has 0 fully saturated rings. The molecule has 0 aliphatic rings. The third-order valence-electron chi connectivity index (χ3n) is 7.06. The van der Waals surface area contributed by atoms with Crippen LogP contribution >= 0.6 is 0 Å². The molecule has 0 amide bonds. The number of benzene rings is 3. The molecule has 216 valence electrons. The first kappa shape index (κ1) is 31.7. The monoisotopic (exact) mass is 574 g/mol. The van der Waals surface area contributed by atoms with E-state index >= 15 is 0 Å². The minimum absolute atomic E-state index is 0.228. The van der Waals surface area contributed by atoms with Crippen molar-refractivity contribution in [2.75, 3.05) is 6.61 Å². The minimum atomic E-state index is -2.61. The predicted molar refractivity (Wildman–Crippen MR) is 161 cm³/mol. The molecule has 41 heavy (non-hydrogen) atoms. The van der Waals surface area contributed by atoms with E-state index in [1.807, 2.05) is 64.2 Å². The summed E-state index contributed by atoms with van der Waals surface area (Å²) in [7, 11) is -2.61. The molecular formula is C33H38O7Si. The maximum atomic E-state index is 14.1. The van der Waals surface area contributed by atoms with Gasteiger partial charge in [0.25, 0.3) is 0 Å². The third-order valence-corrected chi connectivity index (χ3v) is 11.5. The van der Waals surface area contributed by atoms with Crippen molar-refractivity contribution in [2.45, 2.75) is 57.2 Å². The fourth-order valence-electron chi connectivity index (χ4n) is 3.60. The van der Waals surface area contributed by atoms with Crippen LogP contribution in [0.5, 0.6) is 0 Å². The first-order valence-corrected chi connectivity index (χ1v) is 16.4. The number of rotatable bonds is 12. The molecule has 3 aromatic rings. The van der Waals surface area contributed by atoms with Gasteiger partial charge in [-0.1, -0.05) is 99.7 Å². The average molecular weight is 575 g/mol. The molecule has 0 saturated carbocycles. The van der Waals surface area contributed by atoms with E-state index < -0.39 is 51.0 Å². The van der Waals surface area contributed by atoms with Gasteiger partial charge in [0.1, 0.15) is 18.8 Å². The van der Waals surface area contributed by atoms with Crippen molar-refractivity contribution in [3.8, 4) is 0 Å². The first-order chi connectivity index (χ1) is 19.4. The van der Waals surface area contributed by atoms with Crippen molar-refractivity contribution >= 4 is 32.1 Å². The Morgan fingerprint density at radius 1 is 0.805 bits per heavy atom. The number of esters is 2. The second-order valence-electron chi connectivity index (χ2n) is 11.2. The molecular weight excluding hydrogens is 536 g/mol. The number of hydrogen-bond acceptors (Lipinski definition) is 7. The van der Waals surface area contributed by atoms with E-state index in [1.165, 1.54) is 6.08 Å². The number of hydrogen-bond donors (Lipinski definition) is 1. The molecule has 7 nitrogen and oxygen atoms in total. The fraction of sp³-hybridized carbons (Fsp3) is 0.303. The lowest BCUT2D eigenvalue weighted by atomic mass is 10.0. The van der Waals surface area contributed by atoms with E-state index in [9.17, 15) is 19.5 Å². The van der Waals surface area contributed by atoms with Gasteiger partial charge in [-0.2, -0.15) is 0 Å². The zero-order valence-corrected chi connectivity index (χ0v) is 25.2. The smallest absolute Gasteiger partial charge is 0.338 e. The van der Waals surface area contributed by atoms with Crippen molar-refractivity contribution in [2.24, 2.45) is 0 Å². The van der Waals surface area contributed by atoms with Crippen LogP contribution in [0.3, 0.4) is 0 Å². The molecule has 0 aromatic heterocycles. The van der Waals surface area contributed by atoms with Gasteiger partial charge in [0.15, 0.2) is 14.4 Å². The zero-order chi connectivity index (χ0) is 30.0. The van der Waals surface area contributed by atoms with E-state index in [-0.39, 0.29) is 16.2 Å². The quantitative estimate of drug-likeness (QED) is 0.206. The lowest BCUT2D eigenvalue weighted by molar-refractivity contribution is -0.141. The molecule has 8 heteroatoms. The molecule has 1 N–H and O–H groups in total. The summed E-state index contributed by atoms with van der Waals surface area (Å²) in [5.74, 6) is -2.14. The Morgan fingerprint density at radius 3 is 1.80 bits per heavy atom. The maximum absolute atomic E-state index is 14.1. The molecule has 0 spiro atoms. The largest absolute Gasteiger partial charge is 0.458 e. The summed E-state index contributed by atoms with van der Waals surface area (Å²) < 4.78 is 17.5. The van der Waals surface area contributed by atoms with E-state index in [0.717, 1.165) is 5.56 Å². The number of carbonyl (C=O) groups excluding carboxylic acids is 3. The normalized spacial score (nSPS) is 14.2. The van der Waals surface area contributed by atoms with Crippen molar-refractivity contribution in [3.05, 3.63) is 114 Å². The fourth-order valence-corrected chi connectivity index (χ4v) is 4.85. The predicted octanol–water partition coefficient (Wildman–Crippen LogP) is 6.10. The highest BCUT2D eigenvalue weighted by Gasteiger charge is 2.44. The van der Waals surface area contributed by atoms with Gasteiger partial charge in [0.05, 0.1) is 11.1 Å². The second-order valence-corrected chi connectivity index (χ2v) is 15.9. The van der Waals surface area contributed by atoms with Crippen LogP contribution in [-0.2, 0) is 18.7 Å². The standard InChI is InChI=1S/C33H38O7Si/c1-33(2,3)41(4,5)40-30(27(34)22-21-24-15-9-6-10-16-24)29(35)28(39-32(37)26-19-13-8-14-20-26)23-38-31(36)25-17-11-7-12-18-25/h6-22,27-28,30,34H,23H2,1-5H3/b22-21-/t27-,28+,30-/m1/s1. The third kappa shape index (κ3) is 9.08. The molecule has 0 heterocycles. The Kier molecular flexibility index (Phi) is 10.9. The van der Waals surface area contributed by atoms with Crippen molar-refractivity contribution in [1.29, 1.82) is 0 Å². The summed E-state index contributed by atoms with van der Waals surface area (Å²) in [5, 5.41) is 11.0. The number of aliphatic hydroxyl groups is 1. The Hall–Kier alpha value is -3.85. The Balaban J connectivity index is 1.93. The van der Waals surface area contributed by atoms with E-state index in [1.54, 1.807) is 66.7 Å². The highest BCUT2D eigenvalue weighted by atomic mass is 28.4. The summed E-state index contributed by atoms with van der Waals surface area (Å²) in [5.41, 5.74) is 1.34. The molecule has 0 bridgehead atoms. The van der Waals surface area contributed by atoms with E-state index in [2.05, 4.69) is 0 Å². The van der Waals surface area contributed by atoms with Crippen LogP contribution in [0.25, 0.3) is 6.08 Å². The SMILES string of the molecule is CC(C)(C)[Si](C)(C)O[C@@H](C(=O)[C@H](COC(=O)c1ccccc1)OC(=O)c1ccccc1)[C@H](O)/C=C\c1ccccc1. The van der Waals surface area contributed by atoms with Gasteiger partial charge >= 0.3 is 11.9 Å². The minimum Gasteiger partial charge on any atom is -0.458 e. The molecule has 0 radical (unpaired) electrons. The van der Waals surface area contributed by atoms with Crippen LogP contribution in [0.2, 0.25) is 18.1 Å². The summed E-state index contributed by atoms with van der Waals surface area (Å²) in [6, 6.07) is 25.8. The van der Waals surface area contributed by atoms with Gasteiger partial charge in [0.2, 0.25) is 5.78 Å². The van der Waals surface area contributed by atoms with Gasteiger partial charge in [-0.15, -0.1) is 0 Å². The molecule has 0 saturated heterocycles. The Labute approximate surface area is 242 Å². The number of aliphatic hydroxyl groups excluding tert-OH is 1. The van der Waals surface area contributed by atoms with Gasteiger partial charge in [-0.05, 0) is 48.0 Å². The van der Waals surface area contributed by atoms with Crippen LogP contribution < -0.4 is 0 Å². The van der Waals surface area contributed by atoms with Crippen LogP contribution in [0, 0.1) is 0 Å². The van der Waals surface area contributed by atoms with E-state index in [0.29, 0.717) is 0 Å². The summed E-state index contributed by atoms with van der Waals surface area (Å²) in [4.78, 5) is 39.7. The number of ether oxygens (including phenoxy) is 2. The van der Waals surface area contributed by atoms with E-state index in [4.69, 9.17) is 13.9 Å². The molecule has 3 atom stereocenters. The highest BCUT2D eigenvalue weighted by molar-refractivity contribution is 6.74. The van der Waals surface area contributed by atoms with Gasteiger partial charge in [-0.25, -0.2) is 9.59 Å². The van der Waals surface area contributed by atoms with Crippen LogP contribution in [-0.4, -0.2) is 56.1 Å². The number of carbonyl (C=O) groups is 3. The second kappa shape index (κ2) is 14.2. The lowest BCUT2D eigenvalue weighted by Crippen LogP contribution is -2.53. The summed E-state index contributed by atoms with van der Waals surface area (Å²) in [6.07, 6.45) is -1.08. The lowest BCUT2D eigenvalue weighted by Gasteiger charge is -2.40. The van der Waals surface area contributed by atoms with Crippen LogP contribution in [0.4, 0.5) is 0 Å². The highest BCUT2D eigenvalue weighted by Crippen LogP contribution is 2.38. The molecule has 0 unspecified atom stereocenters. The number of Topliss-reactive ketones (excluding diaryl/α,β-unsaturated/α-hetero) is 1. The van der Waals surface area contributed by atoms with Crippen molar-refractivity contribution < 1.29 is 33.4 Å². The van der Waals surface area contributed by atoms with Gasteiger partial charge in [0, 0.05) is 0 Å². The molecule has 0 aliphatic carbocycles. The van der Waals surface area contributed by atoms with Crippen molar-refractivity contribution in [3.63, 3.8) is 0 Å². The van der Waals surface area contributed by atoms with Crippen molar-refractivity contribution in [1.82, 2.24) is 0 Å². The number of ketones is 1. The topological polar surface area (TPSA) is 99.1 Å². The molecule has 3 aromatic carbocycles. The molecule has 0 aliphatic heterocycles. The molecule has 3 rings (SSSR count). The average Bonchev–Trinajstić information content (AvgIpc) is 2.97. The van der Waals surface area contributed by atoms with Crippen LogP contribution in [0.1, 0.15) is 47.1 Å². The Morgan fingerprint density at radius 2 is 1.29 bits per heavy atom. The van der Waals surface area contributed by atoms with Gasteiger partial charge in [-0.3, -0.25) is 4.79 Å². The zero-order valence-electron chi connectivity index (χ0n) is 24.2. The summed E-state index contributed by atoms with van der Waals surface area (Å²) in [6.45, 7) is 9.42. The van der Waals surface area contributed by atoms with Crippen LogP contribution in [0.15, 0.2) is 97.1 Å².